The highest BCUT2D eigenvalue weighted by atomic mass is 16.3. The zero-order valence-corrected chi connectivity index (χ0v) is 42.0. The van der Waals surface area contributed by atoms with Gasteiger partial charge in [-0.2, -0.15) is 0 Å². The molecular weight excluding hydrogens is 886 g/mol. The summed E-state index contributed by atoms with van der Waals surface area (Å²) in [5, 5.41) is 7.25. The molecule has 13 aromatic rings. The fraction of sp³-hybridized carbons (Fsp3) is 0.118. The Balaban J connectivity index is 1.12. The van der Waals surface area contributed by atoms with E-state index < -0.39 is 0 Å². The highest BCUT2D eigenvalue weighted by molar-refractivity contribution is 7.02. The number of rotatable bonds is 4. The second-order valence-corrected chi connectivity index (χ2v) is 22.5. The molecule has 0 saturated carbocycles. The van der Waals surface area contributed by atoms with E-state index in [-0.39, 0.29) is 17.5 Å². The van der Waals surface area contributed by atoms with E-state index in [2.05, 4.69) is 262 Å². The van der Waals surface area contributed by atoms with Gasteiger partial charge in [-0.15, -0.1) is 0 Å². The standard InChI is InChI=1S/C68H52BN3O/c1-67(2,3)43-34-30-41(31-35-43)46-23-16-24-47(42-32-36-44(37-33-42)68(4,5)6)65(46)72-57-28-17-27-56-63(57)69(53-40-61-51(38-58(53)72)49-21-12-15-29-60(49)73-61)64-62-50-22-11-14-26-55(50)70(45-18-8-7-9-19-45)59(62)39-52-48-20-10-13-25-54(48)71(56)66(52)64/h7-40H,1-6H3. The van der Waals surface area contributed by atoms with Gasteiger partial charge in [0.15, 0.2) is 0 Å². The largest absolute Gasteiger partial charge is 0.456 e. The number of furan rings is 1. The molecule has 0 aliphatic carbocycles. The third-order valence-corrected chi connectivity index (χ3v) is 16.2. The fourth-order valence-electron chi connectivity index (χ4n) is 12.8. The van der Waals surface area contributed by atoms with E-state index in [1.165, 1.54) is 105 Å². The van der Waals surface area contributed by atoms with E-state index in [1.54, 1.807) is 0 Å². The maximum absolute atomic E-state index is 6.93. The Morgan fingerprint density at radius 2 is 0.973 bits per heavy atom. The topological polar surface area (TPSA) is 26.2 Å². The summed E-state index contributed by atoms with van der Waals surface area (Å²) < 4.78 is 12.0. The Bertz CT molecular complexity index is 4370. The number of benzene rings is 10. The minimum atomic E-state index is -0.152. The molecule has 2 aliphatic heterocycles. The lowest BCUT2D eigenvalue weighted by atomic mass is 9.33. The van der Waals surface area contributed by atoms with Gasteiger partial charge in [-0.05, 0) is 110 Å². The van der Waals surface area contributed by atoms with Crippen molar-refractivity contribution < 1.29 is 4.42 Å². The third kappa shape index (κ3) is 5.97. The van der Waals surface area contributed by atoms with E-state index >= 15 is 0 Å². The molecule has 0 bridgehead atoms. The Hall–Kier alpha value is -8.54. The SMILES string of the molecule is CC(C)(C)c1ccc(-c2cccc(-c3ccc(C(C)(C)C)cc3)c2N2c3cc4c(cc3B3c5c2cccc5-n2c5ccccc5c5cc6c(c3c52)c2ccccc2n6-c2ccccc2)oc2ccccc24)cc1. The van der Waals surface area contributed by atoms with Crippen LogP contribution in [-0.4, -0.2) is 15.8 Å². The first-order valence-corrected chi connectivity index (χ1v) is 25.8. The lowest BCUT2D eigenvalue weighted by molar-refractivity contribution is 0.590. The van der Waals surface area contributed by atoms with Crippen molar-refractivity contribution in [2.24, 2.45) is 0 Å². The van der Waals surface area contributed by atoms with E-state index in [0.29, 0.717) is 0 Å². The minimum absolute atomic E-state index is 0.0177. The van der Waals surface area contributed by atoms with Crippen LogP contribution in [0.15, 0.2) is 211 Å². The lowest BCUT2D eigenvalue weighted by Crippen LogP contribution is -2.60. The van der Waals surface area contributed by atoms with Crippen molar-refractivity contribution in [2.45, 2.75) is 52.4 Å². The average molecular weight is 938 g/mol. The van der Waals surface area contributed by atoms with Crippen LogP contribution in [-0.2, 0) is 10.8 Å². The molecule has 0 atom stereocenters. The smallest absolute Gasteiger partial charge is 0.253 e. The van der Waals surface area contributed by atoms with Crippen molar-refractivity contribution in [1.29, 1.82) is 0 Å². The van der Waals surface area contributed by atoms with Gasteiger partial charge in [-0.25, -0.2) is 0 Å². The Labute approximate surface area is 425 Å². The van der Waals surface area contributed by atoms with Crippen LogP contribution in [0.2, 0.25) is 0 Å². The molecule has 348 valence electrons. The molecule has 0 amide bonds. The molecule has 3 aromatic heterocycles. The first-order valence-electron chi connectivity index (χ1n) is 25.8. The molecule has 0 radical (unpaired) electrons. The first kappa shape index (κ1) is 42.2. The number of hydrogen-bond acceptors (Lipinski definition) is 2. The Morgan fingerprint density at radius 3 is 1.64 bits per heavy atom. The van der Waals surface area contributed by atoms with E-state index in [9.17, 15) is 0 Å². The van der Waals surface area contributed by atoms with Crippen LogP contribution in [0.4, 0.5) is 17.1 Å². The summed E-state index contributed by atoms with van der Waals surface area (Å²) in [6, 6.07) is 77.4. The summed E-state index contributed by atoms with van der Waals surface area (Å²) in [4.78, 5) is 2.63. The first-order chi connectivity index (χ1) is 35.5. The molecule has 5 heteroatoms. The quantitative estimate of drug-likeness (QED) is 0.164. The van der Waals surface area contributed by atoms with E-state index in [4.69, 9.17) is 4.42 Å². The van der Waals surface area contributed by atoms with Crippen molar-refractivity contribution >= 4 is 106 Å². The summed E-state index contributed by atoms with van der Waals surface area (Å²) in [5.41, 5.74) is 23.7. The van der Waals surface area contributed by atoms with Crippen molar-refractivity contribution in [3.05, 3.63) is 217 Å². The van der Waals surface area contributed by atoms with Crippen LogP contribution in [0.1, 0.15) is 52.7 Å². The van der Waals surface area contributed by atoms with Crippen LogP contribution in [0.25, 0.3) is 99.2 Å². The molecule has 5 heterocycles. The second-order valence-electron chi connectivity index (χ2n) is 22.5. The van der Waals surface area contributed by atoms with Crippen molar-refractivity contribution in [2.75, 3.05) is 4.90 Å². The second kappa shape index (κ2) is 15.0. The summed E-state index contributed by atoms with van der Waals surface area (Å²) in [5.74, 6) is 0. The van der Waals surface area contributed by atoms with Gasteiger partial charge in [0.1, 0.15) is 11.2 Å². The number of fused-ring (bicyclic) bond motifs is 14. The number of nitrogens with zero attached hydrogens (tertiary/aromatic N) is 3. The molecule has 10 aromatic carbocycles. The molecular formula is C68H52BN3O. The van der Waals surface area contributed by atoms with Crippen LogP contribution in [0.5, 0.6) is 0 Å². The third-order valence-electron chi connectivity index (χ3n) is 16.2. The molecule has 0 unspecified atom stereocenters. The monoisotopic (exact) mass is 937 g/mol. The van der Waals surface area contributed by atoms with Gasteiger partial charge in [-0.1, -0.05) is 187 Å². The molecule has 0 spiro atoms. The maximum atomic E-state index is 6.93. The average Bonchev–Trinajstić information content (AvgIpc) is 4.06. The predicted octanol–water partition coefficient (Wildman–Crippen LogP) is 16.3. The van der Waals surface area contributed by atoms with Crippen LogP contribution in [0, 0.1) is 0 Å². The zero-order chi connectivity index (χ0) is 49.1. The number of para-hydroxylation sites is 5. The van der Waals surface area contributed by atoms with E-state index in [1.807, 2.05) is 0 Å². The highest BCUT2D eigenvalue weighted by Gasteiger charge is 2.45. The molecule has 2 aliphatic rings. The minimum Gasteiger partial charge on any atom is -0.456 e. The van der Waals surface area contributed by atoms with Gasteiger partial charge < -0.3 is 18.5 Å². The van der Waals surface area contributed by atoms with Gasteiger partial charge in [0.25, 0.3) is 6.71 Å². The number of hydrogen-bond donors (Lipinski definition) is 0. The van der Waals surface area contributed by atoms with Crippen LogP contribution >= 0.6 is 0 Å². The molecule has 0 fully saturated rings. The van der Waals surface area contributed by atoms with Crippen molar-refractivity contribution in [3.63, 3.8) is 0 Å². The van der Waals surface area contributed by atoms with Crippen molar-refractivity contribution in [3.8, 4) is 33.6 Å². The molecule has 73 heavy (non-hydrogen) atoms. The number of anilines is 3. The molecule has 0 saturated heterocycles. The zero-order valence-electron chi connectivity index (χ0n) is 42.0. The maximum Gasteiger partial charge on any atom is 0.253 e. The van der Waals surface area contributed by atoms with Gasteiger partial charge in [0.2, 0.25) is 0 Å². The summed E-state index contributed by atoms with van der Waals surface area (Å²) >= 11 is 0. The Morgan fingerprint density at radius 1 is 0.397 bits per heavy atom. The van der Waals surface area contributed by atoms with Gasteiger partial charge in [-0.3, -0.25) is 0 Å². The lowest BCUT2D eigenvalue weighted by Gasteiger charge is -2.42. The van der Waals surface area contributed by atoms with Crippen molar-refractivity contribution in [1.82, 2.24) is 9.13 Å². The van der Waals surface area contributed by atoms with Gasteiger partial charge in [0.05, 0.1) is 27.8 Å². The Kier molecular flexibility index (Phi) is 8.67. The predicted molar refractivity (Wildman–Crippen MR) is 310 cm³/mol. The summed E-state index contributed by atoms with van der Waals surface area (Å²) in [6.07, 6.45) is 0. The van der Waals surface area contributed by atoms with Crippen LogP contribution in [0.3, 0.4) is 0 Å². The summed E-state index contributed by atoms with van der Waals surface area (Å²) in [6.45, 7) is 13.6. The van der Waals surface area contributed by atoms with Crippen LogP contribution < -0.4 is 21.3 Å². The summed E-state index contributed by atoms with van der Waals surface area (Å²) in [7, 11) is 0. The highest BCUT2D eigenvalue weighted by Crippen LogP contribution is 2.51. The van der Waals surface area contributed by atoms with Gasteiger partial charge in [0, 0.05) is 66.2 Å². The van der Waals surface area contributed by atoms with E-state index in [0.717, 1.165) is 39.0 Å². The molecule has 0 N–H and O–H groups in total. The molecule has 15 rings (SSSR count). The number of aromatic nitrogens is 2. The van der Waals surface area contributed by atoms with Gasteiger partial charge >= 0.3 is 0 Å². The normalized spacial score (nSPS) is 13.3. The fourth-order valence-corrected chi connectivity index (χ4v) is 12.8. The molecule has 4 nitrogen and oxygen atoms in total.